The number of hydrogen-bond donors (Lipinski definition) is 2. The van der Waals surface area contributed by atoms with Crippen LogP contribution in [0, 0.1) is 0 Å². The van der Waals surface area contributed by atoms with Crippen LogP contribution in [0.3, 0.4) is 0 Å². The molecule has 0 rings (SSSR count). The summed E-state index contributed by atoms with van der Waals surface area (Å²) in [7, 11) is -4.39. The number of allylic oxidation sites excluding steroid dienone is 4. The van der Waals surface area contributed by atoms with Crippen LogP contribution in [0.4, 0.5) is 0 Å². The van der Waals surface area contributed by atoms with Crippen molar-refractivity contribution in [2.45, 2.75) is 277 Å². The molecule has 0 amide bonds. The highest BCUT2D eigenvalue weighted by atomic mass is 31.2. The van der Waals surface area contributed by atoms with Crippen molar-refractivity contribution in [2.24, 2.45) is 5.73 Å². The van der Waals surface area contributed by atoms with Gasteiger partial charge in [-0.1, -0.05) is 224 Å². The van der Waals surface area contributed by atoms with E-state index in [1.807, 2.05) is 0 Å². The van der Waals surface area contributed by atoms with Gasteiger partial charge in [0.15, 0.2) is 6.10 Å². The van der Waals surface area contributed by atoms with Crippen molar-refractivity contribution in [1.82, 2.24) is 0 Å². The molecule has 0 fully saturated rings. The lowest BCUT2D eigenvalue weighted by Gasteiger charge is -2.19. The van der Waals surface area contributed by atoms with Crippen LogP contribution in [0.5, 0.6) is 0 Å². The Morgan fingerprint density at radius 2 is 0.794 bits per heavy atom. The van der Waals surface area contributed by atoms with E-state index < -0.39 is 26.5 Å². The molecule has 0 aromatic rings. The predicted molar refractivity (Wildman–Crippen MR) is 266 cm³/mol. The Labute approximate surface area is 389 Å². The van der Waals surface area contributed by atoms with E-state index in [1.165, 1.54) is 205 Å². The maximum absolute atomic E-state index is 12.6. The van der Waals surface area contributed by atoms with E-state index in [1.54, 1.807) is 0 Å². The van der Waals surface area contributed by atoms with Gasteiger partial charge in [-0.05, 0) is 57.8 Å². The monoisotopic (exact) mass is 912 g/mol. The van der Waals surface area contributed by atoms with Crippen molar-refractivity contribution in [3.8, 4) is 0 Å². The molecule has 0 radical (unpaired) electrons. The fourth-order valence-electron chi connectivity index (χ4n) is 7.81. The van der Waals surface area contributed by atoms with Crippen molar-refractivity contribution in [1.29, 1.82) is 0 Å². The Morgan fingerprint density at radius 1 is 0.460 bits per heavy atom. The Balaban J connectivity index is 4.02. The first-order valence-corrected chi connectivity index (χ1v) is 28.3. The lowest BCUT2D eigenvalue weighted by molar-refractivity contribution is -0.161. The minimum Gasteiger partial charge on any atom is -0.462 e. The third-order valence-electron chi connectivity index (χ3n) is 11.8. The van der Waals surface area contributed by atoms with E-state index in [0.717, 1.165) is 32.1 Å². The molecule has 372 valence electrons. The van der Waals surface area contributed by atoms with E-state index in [-0.39, 0.29) is 38.6 Å². The molecule has 0 aliphatic heterocycles. The zero-order valence-corrected chi connectivity index (χ0v) is 42.2. The van der Waals surface area contributed by atoms with Gasteiger partial charge in [0, 0.05) is 19.4 Å². The van der Waals surface area contributed by atoms with Crippen LogP contribution in [0.25, 0.3) is 0 Å². The Hall–Kier alpha value is -1.51. The molecule has 0 saturated heterocycles. The molecule has 0 aliphatic rings. The summed E-state index contributed by atoms with van der Waals surface area (Å²) in [5, 5.41) is 0. The highest BCUT2D eigenvalue weighted by molar-refractivity contribution is 7.47. The van der Waals surface area contributed by atoms with Crippen LogP contribution in [0.15, 0.2) is 24.3 Å². The summed E-state index contributed by atoms with van der Waals surface area (Å²) >= 11 is 0. The molecule has 1 unspecified atom stereocenters. The van der Waals surface area contributed by atoms with Crippen molar-refractivity contribution < 1.29 is 37.6 Å². The van der Waals surface area contributed by atoms with E-state index in [0.29, 0.717) is 6.42 Å². The molecule has 0 bridgehead atoms. The maximum atomic E-state index is 12.6. The molecule has 2 atom stereocenters. The first-order chi connectivity index (χ1) is 30.8. The smallest absolute Gasteiger partial charge is 0.462 e. The number of phosphoric ester groups is 1. The van der Waals surface area contributed by atoms with E-state index in [2.05, 4.69) is 38.2 Å². The van der Waals surface area contributed by atoms with Crippen molar-refractivity contribution in [2.75, 3.05) is 26.4 Å². The molecule has 0 heterocycles. The second-order valence-electron chi connectivity index (χ2n) is 18.1. The normalized spacial score (nSPS) is 13.3. The lowest BCUT2D eigenvalue weighted by atomic mass is 10.0. The van der Waals surface area contributed by atoms with Gasteiger partial charge in [0.2, 0.25) is 0 Å². The number of ether oxygens (including phenoxy) is 2. The molecule has 10 heteroatoms. The Bertz CT molecular complexity index is 1090. The van der Waals surface area contributed by atoms with Crippen molar-refractivity contribution >= 4 is 19.8 Å². The number of nitrogens with two attached hydrogens (primary N) is 1. The molecule has 0 aromatic heterocycles. The summed E-state index contributed by atoms with van der Waals surface area (Å²) in [4.78, 5) is 35.1. The molecule has 0 aliphatic carbocycles. The summed E-state index contributed by atoms with van der Waals surface area (Å²) in [5.41, 5.74) is 5.37. The van der Waals surface area contributed by atoms with Gasteiger partial charge in [-0.2, -0.15) is 0 Å². The van der Waals surface area contributed by atoms with Gasteiger partial charge in [-0.15, -0.1) is 0 Å². The Morgan fingerprint density at radius 3 is 1.17 bits per heavy atom. The summed E-state index contributed by atoms with van der Waals surface area (Å²) in [6.45, 7) is 3.75. The molecule has 0 spiro atoms. The first-order valence-electron chi connectivity index (χ1n) is 26.8. The van der Waals surface area contributed by atoms with Gasteiger partial charge in [-0.25, -0.2) is 4.57 Å². The van der Waals surface area contributed by atoms with E-state index in [9.17, 15) is 19.0 Å². The summed E-state index contributed by atoms with van der Waals surface area (Å²) in [6, 6.07) is 0. The third-order valence-corrected chi connectivity index (χ3v) is 12.8. The molecular weight excluding hydrogens is 810 g/mol. The van der Waals surface area contributed by atoms with Crippen LogP contribution in [-0.2, 0) is 32.7 Å². The SMILES string of the molecule is CCCCCCCC/C=C/CCCCCCCCCCCC(=O)OC[C@H](COP(=O)(O)OCCN)OC(=O)CCC/C=C/CCCCCCCCCCCCCCCCCCCC. The minimum absolute atomic E-state index is 0.0510. The van der Waals surface area contributed by atoms with Crippen molar-refractivity contribution in [3.63, 3.8) is 0 Å². The number of carbonyl (C=O) groups excluding carboxylic acids is 2. The van der Waals surface area contributed by atoms with E-state index in [4.69, 9.17) is 24.3 Å². The van der Waals surface area contributed by atoms with Crippen LogP contribution in [0.1, 0.15) is 271 Å². The number of phosphoric acid groups is 1. The van der Waals surface area contributed by atoms with Gasteiger partial charge in [0.25, 0.3) is 0 Å². The second kappa shape index (κ2) is 49.9. The number of rotatable bonds is 51. The van der Waals surface area contributed by atoms with Gasteiger partial charge < -0.3 is 20.1 Å². The highest BCUT2D eigenvalue weighted by Gasteiger charge is 2.26. The first kappa shape index (κ1) is 61.5. The van der Waals surface area contributed by atoms with Gasteiger partial charge >= 0.3 is 19.8 Å². The summed E-state index contributed by atoms with van der Waals surface area (Å²) < 4.78 is 32.9. The quantitative estimate of drug-likeness (QED) is 0.0265. The van der Waals surface area contributed by atoms with Crippen LogP contribution < -0.4 is 5.73 Å². The van der Waals surface area contributed by atoms with Crippen LogP contribution in [0.2, 0.25) is 0 Å². The second-order valence-corrected chi connectivity index (χ2v) is 19.5. The predicted octanol–water partition coefficient (Wildman–Crippen LogP) is 16.3. The highest BCUT2D eigenvalue weighted by Crippen LogP contribution is 2.43. The number of hydrogen-bond acceptors (Lipinski definition) is 8. The lowest BCUT2D eigenvalue weighted by Crippen LogP contribution is -2.29. The number of unbranched alkanes of at least 4 members (excludes halogenated alkanes) is 34. The van der Waals surface area contributed by atoms with Crippen molar-refractivity contribution in [3.05, 3.63) is 24.3 Å². The fraction of sp³-hybridized carbons (Fsp3) is 0.887. The molecule has 0 aromatic carbocycles. The van der Waals surface area contributed by atoms with Gasteiger partial charge in [0.1, 0.15) is 6.61 Å². The van der Waals surface area contributed by atoms with Crippen LogP contribution in [-0.4, -0.2) is 49.3 Å². The molecule has 3 N–H and O–H groups in total. The maximum Gasteiger partial charge on any atom is 0.472 e. The van der Waals surface area contributed by atoms with Gasteiger partial charge in [0.05, 0.1) is 13.2 Å². The minimum atomic E-state index is -4.39. The largest absolute Gasteiger partial charge is 0.472 e. The molecule has 63 heavy (non-hydrogen) atoms. The molecule has 9 nitrogen and oxygen atoms in total. The summed E-state index contributed by atoms with van der Waals surface area (Å²) in [6.07, 6.45) is 56.6. The zero-order chi connectivity index (χ0) is 46.0. The molecule has 0 saturated carbocycles. The third kappa shape index (κ3) is 49.8. The average Bonchev–Trinajstić information content (AvgIpc) is 3.27. The van der Waals surface area contributed by atoms with Gasteiger partial charge in [-0.3, -0.25) is 18.6 Å². The number of esters is 2. The van der Waals surface area contributed by atoms with E-state index >= 15 is 0 Å². The average molecular weight is 912 g/mol. The summed E-state index contributed by atoms with van der Waals surface area (Å²) in [5.74, 6) is -0.855. The standard InChI is InChI=1S/C53H102NO8P/c1-3-5-7-9-11-13-15-17-19-21-23-24-25-26-28-30-32-34-36-38-40-42-44-46-53(56)62-51(50-61-63(57,58)60-48-47-54)49-59-52(55)45-43-41-39-37-35-33-31-29-27-22-20-18-16-14-12-10-8-6-4-2/h18,20,38,40,51H,3-17,19,21-37,39,41-50,54H2,1-2H3,(H,57,58)/b20-18+,40-38+/t51-/m1/s1. The topological polar surface area (TPSA) is 134 Å². The zero-order valence-electron chi connectivity index (χ0n) is 41.3. The Kier molecular flexibility index (Phi) is 48.7. The molecular formula is C53H102NO8P. The fourth-order valence-corrected chi connectivity index (χ4v) is 8.58. The van der Waals surface area contributed by atoms with Crippen LogP contribution >= 0.6 is 7.82 Å². The number of carbonyl (C=O) groups is 2.